The summed E-state index contributed by atoms with van der Waals surface area (Å²) < 4.78 is 39.7. The molecule has 1 saturated heterocycles. The molecule has 3 rings (SSSR count). The van der Waals surface area contributed by atoms with Gasteiger partial charge >= 0.3 is 0 Å². The van der Waals surface area contributed by atoms with Gasteiger partial charge in [-0.1, -0.05) is 6.07 Å². The summed E-state index contributed by atoms with van der Waals surface area (Å²) in [7, 11) is -2.19. The van der Waals surface area contributed by atoms with Crippen LogP contribution in [0.25, 0.3) is 0 Å². The fourth-order valence-electron chi connectivity index (χ4n) is 3.30. The van der Waals surface area contributed by atoms with E-state index in [0.29, 0.717) is 25.5 Å². The van der Waals surface area contributed by atoms with Crippen molar-refractivity contribution in [3.8, 4) is 5.75 Å². The lowest BCUT2D eigenvalue weighted by molar-refractivity contribution is 0.0529. The summed E-state index contributed by atoms with van der Waals surface area (Å²) in [6, 6.07) is 7.55. The highest BCUT2D eigenvalue weighted by Crippen LogP contribution is 2.37. The largest absolute Gasteiger partial charge is 0.495 e. The van der Waals surface area contributed by atoms with Crippen molar-refractivity contribution in [1.82, 2.24) is 4.72 Å². The molecule has 26 heavy (non-hydrogen) atoms. The molecule has 1 aromatic carbocycles. The fraction of sp³-hybridized carbons (Fsp3) is 0.474. The molecule has 0 radical (unpaired) electrons. The van der Waals surface area contributed by atoms with Gasteiger partial charge < -0.3 is 9.47 Å². The normalized spacial score (nSPS) is 17.2. The molecular formula is C19H25NO4S2. The second-order valence-electron chi connectivity index (χ2n) is 6.78. The monoisotopic (exact) mass is 395 g/mol. The average Bonchev–Trinajstić information content (AvgIpc) is 3.18. The second kappa shape index (κ2) is 7.68. The van der Waals surface area contributed by atoms with Crippen molar-refractivity contribution in [2.24, 2.45) is 0 Å². The van der Waals surface area contributed by atoms with Gasteiger partial charge in [-0.2, -0.15) is 0 Å². The van der Waals surface area contributed by atoms with Crippen molar-refractivity contribution in [3.05, 3.63) is 45.6 Å². The molecule has 1 aliphatic rings. The van der Waals surface area contributed by atoms with Crippen LogP contribution in [0.3, 0.4) is 0 Å². The average molecular weight is 396 g/mol. The molecule has 2 aromatic rings. The number of nitrogens with one attached hydrogen (secondary N) is 1. The highest BCUT2D eigenvalue weighted by atomic mass is 32.2. The third-order valence-corrected chi connectivity index (χ3v) is 7.70. The third-order valence-electron chi connectivity index (χ3n) is 5.16. The van der Waals surface area contributed by atoms with Gasteiger partial charge in [-0.25, -0.2) is 13.1 Å². The van der Waals surface area contributed by atoms with Gasteiger partial charge in [0.15, 0.2) is 0 Å². The van der Waals surface area contributed by atoms with Gasteiger partial charge in [0.05, 0.1) is 7.11 Å². The summed E-state index contributed by atoms with van der Waals surface area (Å²) in [5.41, 5.74) is 1.71. The number of hydrogen-bond acceptors (Lipinski definition) is 5. The van der Waals surface area contributed by atoms with Crippen molar-refractivity contribution in [2.75, 3.05) is 26.9 Å². The zero-order valence-corrected chi connectivity index (χ0v) is 17.0. The molecule has 0 aliphatic carbocycles. The summed E-state index contributed by atoms with van der Waals surface area (Å²) in [5, 5.41) is 2.04. The summed E-state index contributed by atoms with van der Waals surface area (Å²) in [4.78, 5) is 1.40. The predicted octanol–water partition coefficient (Wildman–Crippen LogP) is 3.40. The Balaban J connectivity index is 1.89. The smallest absolute Gasteiger partial charge is 0.244 e. The Labute approximate surface area is 159 Å². The third kappa shape index (κ3) is 3.81. The molecule has 7 heteroatoms. The molecule has 0 spiro atoms. The highest BCUT2D eigenvalue weighted by molar-refractivity contribution is 7.89. The van der Waals surface area contributed by atoms with Gasteiger partial charge in [-0.3, -0.25) is 0 Å². The highest BCUT2D eigenvalue weighted by Gasteiger charge is 2.37. The molecule has 0 atom stereocenters. The summed E-state index contributed by atoms with van der Waals surface area (Å²) in [6.07, 6.45) is 1.61. The number of ether oxygens (including phenoxy) is 2. The predicted molar refractivity (Wildman–Crippen MR) is 104 cm³/mol. The first-order valence-corrected chi connectivity index (χ1v) is 11.0. The first-order chi connectivity index (χ1) is 12.4. The second-order valence-corrected chi connectivity index (χ2v) is 9.46. The lowest BCUT2D eigenvalue weighted by Gasteiger charge is -2.36. The van der Waals surface area contributed by atoms with E-state index in [9.17, 15) is 8.42 Å². The van der Waals surface area contributed by atoms with Crippen LogP contribution < -0.4 is 9.46 Å². The number of rotatable bonds is 6. The minimum absolute atomic E-state index is 0.191. The van der Waals surface area contributed by atoms with E-state index >= 15 is 0 Å². The van der Waals surface area contributed by atoms with E-state index in [2.05, 4.69) is 10.8 Å². The minimum atomic E-state index is -3.68. The Morgan fingerprint density at radius 2 is 1.92 bits per heavy atom. The molecule has 0 saturated carbocycles. The molecule has 1 aliphatic heterocycles. The Morgan fingerprint density at radius 1 is 1.23 bits per heavy atom. The number of benzene rings is 1. The van der Waals surface area contributed by atoms with Crippen molar-refractivity contribution >= 4 is 21.4 Å². The van der Waals surface area contributed by atoms with Gasteiger partial charge in [-0.05, 0) is 61.4 Å². The zero-order chi connectivity index (χ0) is 18.8. The maximum Gasteiger partial charge on any atom is 0.244 e. The molecule has 0 bridgehead atoms. The van der Waals surface area contributed by atoms with Gasteiger partial charge in [-0.15, -0.1) is 11.3 Å². The lowest BCUT2D eigenvalue weighted by Crippen LogP contribution is -2.44. The van der Waals surface area contributed by atoms with Crippen LogP contribution in [-0.2, 0) is 20.2 Å². The summed E-state index contributed by atoms with van der Waals surface area (Å²) >= 11 is 1.67. The van der Waals surface area contributed by atoms with Crippen molar-refractivity contribution in [1.29, 1.82) is 0 Å². The molecule has 1 fully saturated rings. The van der Waals surface area contributed by atoms with E-state index in [1.54, 1.807) is 23.5 Å². The zero-order valence-electron chi connectivity index (χ0n) is 15.4. The maximum atomic E-state index is 13.0. The van der Waals surface area contributed by atoms with Crippen LogP contribution in [0.5, 0.6) is 5.75 Å². The topological polar surface area (TPSA) is 64.6 Å². The van der Waals surface area contributed by atoms with Crippen LogP contribution in [0, 0.1) is 13.8 Å². The van der Waals surface area contributed by atoms with Crippen molar-refractivity contribution < 1.29 is 17.9 Å². The minimum Gasteiger partial charge on any atom is -0.495 e. The van der Waals surface area contributed by atoms with E-state index in [0.717, 1.165) is 24.0 Å². The number of hydrogen-bond donors (Lipinski definition) is 1. The number of aryl methyl sites for hydroxylation is 2. The molecule has 5 nitrogen and oxygen atoms in total. The Kier molecular flexibility index (Phi) is 5.72. The van der Waals surface area contributed by atoms with Crippen molar-refractivity contribution in [3.63, 3.8) is 0 Å². The maximum absolute atomic E-state index is 13.0. The van der Waals surface area contributed by atoms with Crippen molar-refractivity contribution in [2.45, 2.75) is 37.0 Å². The van der Waals surface area contributed by atoms with Crippen LogP contribution in [-0.4, -0.2) is 35.3 Å². The number of methoxy groups -OCH3 is 1. The van der Waals surface area contributed by atoms with Gasteiger partial charge in [0.25, 0.3) is 0 Å². The molecular weight excluding hydrogens is 370 g/mol. The van der Waals surface area contributed by atoms with Crippen LogP contribution in [0.2, 0.25) is 0 Å². The molecule has 0 unspecified atom stereocenters. The molecule has 1 N–H and O–H groups in total. The van der Waals surface area contributed by atoms with Gasteiger partial charge in [0, 0.05) is 30.1 Å². The first-order valence-electron chi connectivity index (χ1n) is 8.65. The Bertz CT molecular complexity index is 854. The standard InChI is InChI=1S/C19H25NO4S2/c1-14-11-16(23-3)17(12-15(14)2)26(21,22)20-13-19(6-8-24-9-7-19)18-5-4-10-25-18/h4-5,10-12,20H,6-9,13H2,1-3H3. The van der Waals surface area contributed by atoms with E-state index in [-0.39, 0.29) is 10.3 Å². The summed E-state index contributed by atoms with van der Waals surface area (Å²) in [5.74, 6) is 0.373. The van der Waals surface area contributed by atoms with Gasteiger partial charge in [0.1, 0.15) is 10.6 Å². The van der Waals surface area contributed by atoms with Crippen LogP contribution in [0.4, 0.5) is 0 Å². The van der Waals surface area contributed by atoms with Crippen LogP contribution >= 0.6 is 11.3 Å². The molecule has 1 aromatic heterocycles. The Morgan fingerprint density at radius 3 is 2.54 bits per heavy atom. The van der Waals surface area contributed by atoms with Crippen LogP contribution in [0.15, 0.2) is 34.5 Å². The quantitative estimate of drug-likeness (QED) is 0.814. The van der Waals surface area contributed by atoms with E-state index in [4.69, 9.17) is 9.47 Å². The van der Waals surface area contributed by atoms with Crippen LogP contribution in [0.1, 0.15) is 28.8 Å². The van der Waals surface area contributed by atoms with Gasteiger partial charge in [0.2, 0.25) is 10.0 Å². The molecule has 142 valence electrons. The molecule has 0 amide bonds. The lowest BCUT2D eigenvalue weighted by atomic mass is 9.79. The summed E-state index contributed by atoms with van der Waals surface area (Å²) in [6.45, 7) is 5.49. The SMILES string of the molecule is COc1cc(C)c(C)cc1S(=O)(=O)NCC1(c2cccs2)CCOCC1. The van der Waals surface area contributed by atoms with E-state index in [1.165, 1.54) is 12.0 Å². The Hall–Kier alpha value is -1.41. The first kappa shape index (κ1) is 19.4. The molecule has 2 heterocycles. The van der Waals surface area contributed by atoms with E-state index in [1.807, 2.05) is 25.3 Å². The van der Waals surface area contributed by atoms with E-state index < -0.39 is 10.0 Å². The number of thiophene rings is 1. The fourth-order valence-corrected chi connectivity index (χ4v) is 5.64. The number of sulfonamides is 1.